The van der Waals surface area contributed by atoms with Gasteiger partial charge in [-0.1, -0.05) is 39.3 Å². The number of aliphatic hydroxyl groups excluding tert-OH is 1. The molecule has 7 nitrogen and oxygen atoms in total. The Morgan fingerprint density at radius 3 is 2.47 bits per heavy atom. The summed E-state index contributed by atoms with van der Waals surface area (Å²) in [6, 6.07) is 11.0. The molecule has 2 aromatic rings. The molecule has 0 atom stereocenters. The lowest BCUT2D eigenvalue weighted by molar-refractivity contribution is -0.199. The van der Waals surface area contributed by atoms with Crippen molar-refractivity contribution in [3.05, 3.63) is 52.2 Å². The number of halogens is 1. The summed E-state index contributed by atoms with van der Waals surface area (Å²) < 4.78 is 6.41. The van der Waals surface area contributed by atoms with Gasteiger partial charge in [0.1, 0.15) is 23.7 Å². The number of piperidine rings is 1. The van der Waals surface area contributed by atoms with Crippen LogP contribution in [0.4, 0.5) is 5.82 Å². The molecule has 0 spiro atoms. The van der Waals surface area contributed by atoms with Gasteiger partial charge in [0.25, 0.3) is 5.91 Å². The Morgan fingerprint density at radius 1 is 1.17 bits per heavy atom. The first-order chi connectivity index (χ1) is 17.1. The molecule has 1 saturated carbocycles. The number of aromatic nitrogens is 1. The number of anilines is 1. The van der Waals surface area contributed by atoms with Crippen LogP contribution >= 0.6 is 11.6 Å². The fraction of sp³-hybridized carbons (Fsp3) is 0.536. The van der Waals surface area contributed by atoms with E-state index in [1.807, 2.05) is 17.0 Å². The number of hydrogen-bond donors (Lipinski definition) is 1. The van der Waals surface area contributed by atoms with E-state index in [9.17, 15) is 9.90 Å². The van der Waals surface area contributed by atoms with Crippen molar-refractivity contribution in [1.29, 1.82) is 5.26 Å². The summed E-state index contributed by atoms with van der Waals surface area (Å²) in [6.45, 7) is 11.0. The molecule has 0 bridgehead atoms. The number of pyridine rings is 1. The summed E-state index contributed by atoms with van der Waals surface area (Å²) in [5, 5.41) is 19.0. The van der Waals surface area contributed by atoms with Crippen molar-refractivity contribution in [2.45, 2.75) is 59.2 Å². The fourth-order valence-electron chi connectivity index (χ4n) is 6.93. The number of benzene rings is 1. The first-order valence-electron chi connectivity index (χ1n) is 12.6. The molecule has 8 heteroatoms. The van der Waals surface area contributed by atoms with Gasteiger partial charge in [-0.25, -0.2) is 4.98 Å². The quantitative estimate of drug-likeness (QED) is 0.632. The van der Waals surface area contributed by atoms with Gasteiger partial charge in [-0.15, -0.1) is 0 Å². The Bertz CT molecular complexity index is 1210. The lowest BCUT2D eigenvalue weighted by atomic mass is 9.49. The molecule has 2 aliphatic heterocycles. The van der Waals surface area contributed by atoms with Gasteiger partial charge in [0.15, 0.2) is 0 Å². The molecule has 2 fully saturated rings. The molecular weight excluding hydrogens is 476 g/mol. The predicted molar refractivity (Wildman–Crippen MR) is 138 cm³/mol. The van der Waals surface area contributed by atoms with Crippen molar-refractivity contribution >= 4 is 23.3 Å². The second kappa shape index (κ2) is 8.93. The highest BCUT2D eigenvalue weighted by Gasteiger charge is 2.67. The van der Waals surface area contributed by atoms with Gasteiger partial charge in [-0.3, -0.25) is 4.79 Å². The normalized spacial score (nSPS) is 24.8. The highest BCUT2D eigenvalue weighted by molar-refractivity contribution is 6.31. The third-order valence-corrected chi connectivity index (χ3v) is 8.67. The number of rotatable bonds is 5. The summed E-state index contributed by atoms with van der Waals surface area (Å²) in [7, 11) is 0. The van der Waals surface area contributed by atoms with Crippen LogP contribution in [0.25, 0.3) is 0 Å². The van der Waals surface area contributed by atoms with Crippen molar-refractivity contribution in [1.82, 2.24) is 9.88 Å². The number of ether oxygens (including phenoxy) is 1. The van der Waals surface area contributed by atoms with Crippen molar-refractivity contribution in [3.8, 4) is 11.8 Å². The van der Waals surface area contributed by atoms with Gasteiger partial charge in [0.2, 0.25) is 0 Å². The van der Waals surface area contributed by atoms with E-state index in [-0.39, 0.29) is 35.5 Å². The lowest BCUT2D eigenvalue weighted by Gasteiger charge is -2.65. The van der Waals surface area contributed by atoms with E-state index in [1.54, 1.807) is 18.2 Å². The number of nitriles is 1. The fourth-order valence-corrected chi connectivity index (χ4v) is 7.15. The summed E-state index contributed by atoms with van der Waals surface area (Å²) in [5.74, 6) is 1.92. The Balaban J connectivity index is 1.33. The van der Waals surface area contributed by atoms with Crippen LogP contribution in [0.2, 0.25) is 5.02 Å². The van der Waals surface area contributed by atoms with Crippen molar-refractivity contribution < 1.29 is 14.6 Å². The SMILES string of the molecule is CC1(C)C(Oc2ccc(C#N)c(Cl)c2)C(C)(C)C1N1Cc2nc(N3CCC(CO)CC3)ccc2C1=O. The zero-order chi connectivity index (χ0) is 25.8. The van der Waals surface area contributed by atoms with E-state index in [2.05, 4.69) is 38.7 Å². The van der Waals surface area contributed by atoms with Crippen LogP contribution in [0.1, 0.15) is 62.2 Å². The number of fused-ring (bicyclic) bond motifs is 1. The predicted octanol–water partition coefficient (Wildman–Crippen LogP) is 4.65. The van der Waals surface area contributed by atoms with Gasteiger partial charge >= 0.3 is 0 Å². The lowest BCUT2D eigenvalue weighted by Crippen LogP contribution is -2.74. The Kier molecular flexibility index (Phi) is 6.17. The zero-order valence-corrected chi connectivity index (χ0v) is 22.0. The Labute approximate surface area is 217 Å². The maximum Gasteiger partial charge on any atom is 0.256 e. The summed E-state index contributed by atoms with van der Waals surface area (Å²) in [5.41, 5.74) is 1.31. The van der Waals surface area contributed by atoms with Crippen LogP contribution in [0.3, 0.4) is 0 Å². The molecule has 5 rings (SSSR count). The molecule has 3 heterocycles. The summed E-state index contributed by atoms with van der Waals surface area (Å²) >= 11 is 6.23. The van der Waals surface area contributed by atoms with E-state index in [0.29, 0.717) is 34.4 Å². The molecule has 0 unspecified atom stereocenters. The van der Waals surface area contributed by atoms with Gasteiger partial charge in [0, 0.05) is 42.6 Å². The van der Waals surface area contributed by atoms with E-state index in [4.69, 9.17) is 26.6 Å². The molecule has 1 N–H and O–H groups in total. The highest BCUT2D eigenvalue weighted by Crippen LogP contribution is 2.59. The third kappa shape index (κ3) is 3.91. The standard InChI is InChI=1S/C28H33ClN4O3/c1-27(2)25(28(3,4)26(27)36-19-6-5-18(14-30)21(29)13-19)33-15-22-20(24(33)35)7-8-23(31-22)32-11-9-17(16-34)10-12-32/h5-8,13,17,25-26,34H,9-12,15-16H2,1-4H3. The Hall–Kier alpha value is -2.82. The minimum atomic E-state index is -0.309. The van der Waals surface area contributed by atoms with E-state index < -0.39 is 0 Å². The largest absolute Gasteiger partial charge is 0.489 e. The second-order valence-electron chi connectivity index (χ2n) is 11.5. The number of nitrogens with zero attached hydrogens (tertiary/aromatic N) is 4. The molecule has 1 aliphatic carbocycles. The average molecular weight is 509 g/mol. The number of amides is 1. The molecular formula is C28H33ClN4O3. The molecule has 1 aromatic heterocycles. The molecule has 0 radical (unpaired) electrons. The van der Waals surface area contributed by atoms with Crippen molar-refractivity contribution in [2.24, 2.45) is 16.7 Å². The van der Waals surface area contributed by atoms with Crippen LogP contribution in [0, 0.1) is 28.1 Å². The van der Waals surface area contributed by atoms with Crippen LogP contribution in [-0.4, -0.2) is 52.7 Å². The molecule has 1 aromatic carbocycles. The minimum Gasteiger partial charge on any atom is -0.489 e. The van der Waals surface area contributed by atoms with Gasteiger partial charge in [0.05, 0.1) is 28.4 Å². The van der Waals surface area contributed by atoms with Gasteiger partial charge < -0.3 is 19.6 Å². The van der Waals surface area contributed by atoms with Crippen LogP contribution in [-0.2, 0) is 6.54 Å². The molecule has 190 valence electrons. The second-order valence-corrected chi connectivity index (χ2v) is 11.9. The van der Waals surface area contributed by atoms with Gasteiger partial charge in [-0.05, 0) is 43.0 Å². The van der Waals surface area contributed by atoms with Crippen molar-refractivity contribution in [3.63, 3.8) is 0 Å². The zero-order valence-electron chi connectivity index (χ0n) is 21.3. The summed E-state index contributed by atoms with van der Waals surface area (Å²) in [4.78, 5) is 22.6. The number of carbonyl (C=O) groups excluding carboxylic acids is 1. The van der Waals surface area contributed by atoms with Gasteiger partial charge in [-0.2, -0.15) is 5.26 Å². The number of aliphatic hydroxyl groups is 1. The van der Waals surface area contributed by atoms with E-state index in [1.165, 1.54) is 0 Å². The maximum atomic E-state index is 13.5. The Morgan fingerprint density at radius 2 is 1.86 bits per heavy atom. The number of carbonyl (C=O) groups is 1. The molecule has 1 amide bonds. The van der Waals surface area contributed by atoms with E-state index >= 15 is 0 Å². The third-order valence-electron chi connectivity index (χ3n) is 8.36. The highest BCUT2D eigenvalue weighted by atomic mass is 35.5. The monoisotopic (exact) mass is 508 g/mol. The van der Waals surface area contributed by atoms with Crippen LogP contribution in [0.5, 0.6) is 5.75 Å². The summed E-state index contributed by atoms with van der Waals surface area (Å²) in [6.07, 6.45) is 1.76. The first kappa shape index (κ1) is 24.9. The van der Waals surface area contributed by atoms with E-state index in [0.717, 1.165) is 37.4 Å². The van der Waals surface area contributed by atoms with Crippen molar-refractivity contribution in [2.75, 3.05) is 24.6 Å². The minimum absolute atomic E-state index is 0.0223. The van der Waals surface area contributed by atoms with Crippen LogP contribution < -0.4 is 9.64 Å². The topological polar surface area (TPSA) is 89.7 Å². The molecule has 36 heavy (non-hydrogen) atoms. The average Bonchev–Trinajstić information content (AvgIpc) is 3.16. The molecule has 3 aliphatic rings. The molecule has 1 saturated heterocycles. The first-order valence-corrected chi connectivity index (χ1v) is 13.0. The number of hydrogen-bond acceptors (Lipinski definition) is 6. The maximum absolute atomic E-state index is 13.5. The van der Waals surface area contributed by atoms with Crippen LogP contribution in [0.15, 0.2) is 30.3 Å². The smallest absolute Gasteiger partial charge is 0.256 e.